The molecule has 0 radical (unpaired) electrons. The van der Waals surface area contributed by atoms with Crippen molar-refractivity contribution in [1.82, 2.24) is 4.90 Å². The summed E-state index contributed by atoms with van der Waals surface area (Å²) < 4.78 is 0. The first-order valence-corrected chi connectivity index (χ1v) is 11.5. The van der Waals surface area contributed by atoms with Crippen LogP contribution in [0.15, 0.2) is 0 Å². The van der Waals surface area contributed by atoms with Crippen LogP contribution in [-0.2, 0) is 0 Å². The molecule has 1 aliphatic heterocycles. The predicted molar refractivity (Wildman–Crippen MR) is 114 cm³/mol. The minimum Gasteiger partial charge on any atom is -0.292 e. The van der Waals surface area contributed by atoms with Crippen molar-refractivity contribution in [3.8, 4) is 6.07 Å². The van der Waals surface area contributed by atoms with Gasteiger partial charge in [0.05, 0.1) is 6.07 Å². The lowest BCUT2D eigenvalue weighted by atomic mass is 9.72. The first-order chi connectivity index (χ1) is 12.3. The Balaban J connectivity index is 2.21. The second-order valence-electron chi connectivity index (χ2n) is 9.93. The summed E-state index contributed by atoms with van der Waals surface area (Å²) in [5.74, 6) is 0.854. The number of hydrogen-bond acceptors (Lipinski definition) is 2. The van der Waals surface area contributed by atoms with Crippen molar-refractivity contribution in [1.29, 1.82) is 5.26 Å². The van der Waals surface area contributed by atoms with Gasteiger partial charge in [0.1, 0.15) is 0 Å². The second kappa shape index (κ2) is 12.0. The van der Waals surface area contributed by atoms with E-state index in [1.807, 2.05) is 0 Å². The van der Waals surface area contributed by atoms with Crippen LogP contribution in [0.3, 0.4) is 0 Å². The van der Waals surface area contributed by atoms with Gasteiger partial charge in [0.15, 0.2) is 0 Å². The molecule has 2 nitrogen and oxygen atoms in total. The molecule has 26 heavy (non-hydrogen) atoms. The fraction of sp³-hybridized carbons (Fsp3) is 0.958. The van der Waals surface area contributed by atoms with Gasteiger partial charge in [-0.2, -0.15) is 5.26 Å². The van der Waals surface area contributed by atoms with Crippen LogP contribution >= 0.6 is 0 Å². The van der Waals surface area contributed by atoms with Gasteiger partial charge in [0, 0.05) is 24.0 Å². The highest BCUT2D eigenvalue weighted by atomic mass is 15.3. The highest BCUT2D eigenvalue weighted by molar-refractivity contribution is 5.00. The molecule has 152 valence electrons. The molecule has 0 aromatic carbocycles. The third-order valence-corrected chi connectivity index (χ3v) is 6.45. The van der Waals surface area contributed by atoms with Crippen LogP contribution in [-0.4, -0.2) is 22.5 Å². The van der Waals surface area contributed by atoms with Gasteiger partial charge < -0.3 is 0 Å². The summed E-state index contributed by atoms with van der Waals surface area (Å²) in [6, 6.07) is 2.33. The lowest BCUT2D eigenvalue weighted by Crippen LogP contribution is -2.60. The summed E-state index contributed by atoms with van der Waals surface area (Å²) in [6.07, 6.45) is 18.9. The zero-order valence-corrected chi connectivity index (χ0v) is 18.6. The van der Waals surface area contributed by atoms with Crippen LogP contribution in [0.4, 0.5) is 0 Å². The van der Waals surface area contributed by atoms with E-state index in [-0.39, 0.29) is 11.1 Å². The number of unbranched alkanes of at least 4 members (excludes halogenated alkanes) is 9. The first kappa shape index (κ1) is 23.5. The normalized spacial score (nSPS) is 20.2. The van der Waals surface area contributed by atoms with E-state index in [0.717, 1.165) is 12.5 Å². The maximum Gasteiger partial charge on any atom is 0.0635 e. The SMILES string of the molecule is CCCCCCCCCCCCC1CC(C)(C)N(CCC#N)C(C)(C)C1. The summed E-state index contributed by atoms with van der Waals surface area (Å²) in [5, 5.41) is 8.97. The monoisotopic (exact) mass is 362 g/mol. The highest BCUT2D eigenvalue weighted by Gasteiger charge is 2.44. The molecule has 0 aromatic heterocycles. The van der Waals surface area contributed by atoms with Crippen LogP contribution in [0.25, 0.3) is 0 Å². The Bertz CT molecular complexity index is 387. The van der Waals surface area contributed by atoms with Crippen LogP contribution in [0, 0.1) is 17.2 Å². The van der Waals surface area contributed by atoms with E-state index in [1.54, 1.807) is 0 Å². The fourth-order valence-corrected chi connectivity index (χ4v) is 5.42. The van der Waals surface area contributed by atoms with E-state index in [4.69, 9.17) is 5.26 Å². The molecule has 0 amide bonds. The van der Waals surface area contributed by atoms with Crippen molar-refractivity contribution in [3.63, 3.8) is 0 Å². The van der Waals surface area contributed by atoms with Gasteiger partial charge in [-0.05, 0) is 46.5 Å². The van der Waals surface area contributed by atoms with Crippen molar-refractivity contribution in [2.75, 3.05) is 6.54 Å². The molecule has 0 aliphatic carbocycles. The van der Waals surface area contributed by atoms with Crippen LogP contribution < -0.4 is 0 Å². The minimum atomic E-state index is 0.224. The first-order valence-electron chi connectivity index (χ1n) is 11.5. The summed E-state index contributed by atoms with van der Waals surface area (Å²) in [4.78, 5) is 2.60. The molecule has 0 aromatic rings. The topological polar surface area (TPSA) is 27.0 Å². The summed E-state index contributed by atoms with van der Waals surface area (Å²) >= 11 is 0. The number of nitrogens with zero attached hydrogens (tertiary/aromatic N) is 2. The predicted octanol–water partition coefficient (Wildman–Crippen LogP) is 7.48. The molecule has 1 rings (SSSR count). The van der Waals surface area contributed by atoms with Crippen LogP contribution in [0.5, 0.6) is 0 Å². The molecule has 0 N–H and O–H groups in total. The minimum absolute atomic E-state index is 0.224. The van der Waals surface area contributed by atoms with Crippen molar-refractivity contribution < 1.29 is 0 Å². The number of nitriles is 1. The number of piperidine rings is 1. The van der Waals surface area contributed by atoms with Gasteiger partial charge >= 0.3 is 0 Å². The Morgan fingerprint density at radius 3 is 1.73 bits per heavy atom. The molecule has 0 saturated carbocycles. The van der Waals surface area contributed by atoms with Crippen molar-refractivity contribution in [3.05, 3.63) is 0 Å². The molecule has 1 heterocycles. The average molecular weight is 363 g/mol. The van der Waals surface area contributed by atoms with Gasteiger partial charge in [-0.25, -0.2) is 0 Å². The Hall–Kier alpha value is -0.550. The third-order valence-electron chi connectivity index (χ3n) is 6.45. The summed E-state index contributed by atoms with van der Waals surface area (Å²) in [6.45, 7) is 12.8. The number of hydrogen-bond donors (Lipinski definition) is 0. The van der Waals surface area contributed by atoms with Gasteiger partial charge in [0.2, 0.25) is 0 Å². The van der Waals surface area contributed by atoms with E-state index in [0.29, 0.717) is 6.42 Å². The standard InChI is InChI=1S/C24H46N2/c1-6-7-8-9-10-11-12-13-14-15-17-22-20-23(2,3)26(19-16-18-25)24(4,5)21-22/h22H,6-17,19-21H2,1-5H3. The summed E-state index contributed by atoms with van der Waals surface area (Å²) in [5.41, 5.74) is 0.448. The maximum absolute atomic E-state index is 8.97. The van der Waals surface area contributed by atoms with Gasteiger partial charge in [0.25, 0.3) is 0 Å². The number of likely N-dealkylation sites (tertiary alicyclic amines) is 1. The molecule has 1 aliphatic rings. The fourth-order valence-electron chi connectivity index (χ4n) is 5.42. The quantitative estimate of drug-likeness (QED) is 0.317. The Morgan fingerprint density at radius 1 is 0.808 bits per heavy atom. The van der Waals surface area contributed by atoms with E-state index in [9.17, 15) is 0 Å². The van der Waals surface area contributed by atoms with Gasteiger partial charge in [-0.1, -0.05) is 77.6 Å². The lowest BCUT2D eigenvalue weighted by Gasteiger charge is -2.55. The second-order valence-corrected chi connectivity index (χ2v) is 9.93. The zero-order chi connectivity index (χ0) is 19.5. The van der Waals surface area contributed by atoms with Crippen LogP contribution in [0.2, 0.25) is 0 Å². The van der Waals surface area contributed by atoms with E-state index in [1.165, 1.54) is 83.5 Å². The third kappa shape index (κ3) is 8.43. The van der Waals surface area contributed by atoms with Crippen molar-refractivity contribution >= 4 is 0 Å². The number of rotatable bonds is 13. The van der Waals surface area contributed by atoms with E-state index >= 15 is 0 Å². The highest BCUT2D eigenvalue weighted by Crippen LogP contribution is 2.43. The van der Waals surface area contributed by atoms with Crippen molar-refractivity contribution in [2.24, 2.45) is 5.92 Å². The van der Waals surface area contributed by atoms with Gasteiger partial charge in [-0.15, -0.1) is 0 Å². The molecule has 2 heteroatoms. The molecule has 0 bridgehead atoms. The van der Waals surface area contributed by atoms with Crippen molar-refractivity contribution in [2.45, 2.75) is 136 Å². The summed E-state index contributed by atoms with van der Waals surface area (Å²) in [7, 11) is 0. The maximum atomic E-state index is 8.97. The molecule has 1 saturated heterocycles. The smallest absolute Gasteiger partial charge is 0.0635 e. The zero-order valence-electron chi connectivity index (χ0n) is 18.6. The molecule has 0 unspecified atom stereocenters. The molecular formula is C24H46N2. The van der Waals surface area contributed by atoms with Crippen LogP contribution in [0.1, 0.15) is 125 Å². The molecule has 1 fully saturated rings. The van der Waals surface area contributed by atoms with E-state index in [2.05, 4.69) is 45.6 Å². The average Bonchev–Trinajstić information content (AvgIpc) is 2.54. The Morgan fingerprint density at radius 2 is 1.27 bits per heavy atom. The Kier molecular flexibility index (Phi) is 10.9. The molecule has 0 atom stereocenters. The Labute approximate surface area is 164 Å². The van der Waals surface area contributed by atoms with E-state index < -0.39 is 0 Å². The largest absolute Gasteiger partial charge is 0.292 e. The molecule has 0 spiro atoms. The lowest BCUT2D eigenvalue weighted by molar-refractivity contribution is -0.0516. The molecular weight excluding hydrogens is 316 g/mol. The van der Waals surface area contributed by atoms with Gasteiger partial charge in [-0.3, -0.25) is 4.90 Å².